The highest BCUT2D eigenvalue weighted by Crippen LogP contribution is 2.33. The maximum absolute atomic E-state index is 13.2. The summed E-state index contributed by atoms with van der Waals surface area (Å²) in [5, 5.41) is 10.1. The average molecular weight is 303 g/mol. The lowest BCUT2D eigenvalue weighted by Crippen LogP contribution is -2.40. The van der Waals surface area contributed by atoms with Crippen LogP contribution >= 0.6 is 0 Å². The molecule has 2 aromatic rings. The number of nitrogens with zero attached hydrogens (tertiary/aromatic N) is 1. The lowest BCUT2D eigenvalue weighted by molar-refractivity contribution is 0.0972. The van der Waals surface area contributed by atoms with Crippen molar-refractivity contribution in [3.8, 4) is 0 Å². The summed E-state index contributed by atoms with van der Waals surface area (Å²) in [6.07, 6.45) is 0.0240. The number of piperidine rings is 1. The minimum absolute atomic E-state index is 0.0240. The molecule has 22 heavy (non-hydrogen) atoms. The van der Waals surface area contributed by atoms with Crippen molar-refractivity contribution in [1.29, 1.82) is 0 Å². The predicted molar refractivity (Wildman–Crippen MR) is 86.1 cm³/mol. The minimum atomic E-state index is -2.47. The van der Waals surface area contributed by atoms with Crippen molar-refractivity contribution in [1.82, 2.24) is 4.90 Å². The Bertz CT molecular complexity index is 733. The van der Waals surface area contributed by atoms with Crippen molar-refractivity contribution >= 4 is 0 Å². The molecule has 0 aliphatic carbocycles. The van der Waals surface area contributed by atoms with E-state index < -0.39 is 30.7 Å². The number of benzene rings is 2. The summed E-state index contributed by atoms with van der Waals surface area (Å²) in [7, 11) is 0. The number of halogens is 1. The van der Waals surface area contributed by atoms with Gasteiger partial charge in [-0.3, -0.25) is 4.90 Å². The lowest BCUT2D eigenvalue weighted by Gasteiger charge is -2.38. The summed E-state index contributed by atoms with van der Waals surface area (Å²) in [6.45, 7) is -3.74. The summed E-state index contributed by atoms with van der Waals surface area (Å²) in [5.74, 6) is -1.76. The molecule has 0 spiro atoms. The van der Waals surface area contributed by atoms with E-state index in [0.717, 1.165) is 5.56 Å². The van der Waals surface area contributed by atoms with Crippen molar-refractivity contribution < 1.29 is 15.0 Å². The molecule has 0 saturated carbocycles. The fourth-order valence-corrected chi connectivity index (χ4v) is 2.91. The molecule has 116 valence electrons. The van der Waals surface area contributed by atoms with Crippen LogP contribution in [0.1, 0.15) is 28.9 Å². The van der Waals surface area contributed by atoms with Gasteiger partial charge in [0.25, 0.3) is 0 Å². The van der Waals surface area contributed by atoms with Crippen LogP contribution in [0.25, 0.3) is 0 Å². The van der Waals surface area contributed by atoms with Gasteiger partial charge in [-0.25, -0.2) is 4.39 Å². The first kappa shape index (κ1) is 10.9. The molecule has 2 nitrogen and oxygen atoms in total. The highest BCUT2D eigenvalue weighted by atomic mass is 19.1. The molecule has 2 aromatic carbocycles. The molecule has 0 bridgehead atoms. The molecule has 3 heteroatoms. The molecule has 0 unspecified atom stereocenters. The van der Waals surface area contributed by atoms with Gasteiger partial charge in [0.05, 0.1) is 2.74 Å². The maximum atomic E-state index is 13.2. The van der Waals surface area contributed by atoms with Crippen molar-refractivity contribution in [2.45, 2.75) is 18.9 Å². The van der Waals surface area contributed by atoms with E-state index in [1.54, 1.807) is 17.0 Å². The molecule has 1 N–H and O–H groups in total. The molecule has 2 atom stereocenters. The highest BCUT2D eigenvalue weighted by molar-refractivity contribution is 5.22. The van der Waals surface area contributed by atoms with Crippen molar-refractivity contribution in [2.75, 3.05) is 19.6 Å². The van der Waals surface area contributed by atoms with Gasteiger partial charge in [-0.15, -0.1) is 0 Å². The van der Waals surface area contributed by atoms with Gasteiger partial charge >= 0.3 is 0 Å². The monoisotopic (exact) mass is 303 g/mol. The summed E-state index contributed by atoms with van der Waals surface area (Å²) < 4.78 is 45.9. The Balaban J connectivity index is 1.90. The summed E-state index contributed by atoms with van der Waals surface area (Å²) in [6, 6.07) is 15.1. The quantitative estimate of drug-likeness (QED) is 0.935. The van der Waals surface area contributed by atoms with E-state index in [1.165, 1.54) is 12.1 Å². The van der Waals surface area contributed by atoms with Gasteiger partial charge in [0.15, 0.2) is 0 Å². The van der Waals surface area contributed by atoms with Crippen LogP contribution in [0, 0.1) is 11.7 Å². The largest absolute Gasteiger partial charge is 0.396 e. The molecule has 0 aromatic heterocycles. The standard InChI is InChI=1S/C19H22FNO/c20-18-8-6-16(7-9-18)19-10-11-21(13-17(19)14-22)12-15-4-2-1-3-5-15/h1-9,17,19,22H,10-14H2/t17-,19-/m1/s1/i11D2,14D2. The SMILES string of the molecule is [2H]C([2H])(O)[C@H]1CN(Cc2ccccc2)C([2H])([2H])C[C@@H]1c1ccc(F)cc1. The Morgan fingerprint density at radius 2 is 1.91 bits per heavy atom. The van der Waals surface area contributed by atoms with E-state index >= 15 is 0 Å². The van der Waals surface area contributed by atoms with E-state index in [4.69, 9.17) is 5.48 Å². The minimum Gasteiger partial charge on any atom is -0.396 e. The Kier molecular flexibility index (Phi) is 3.49. The van der Waals surface area contributed by atoms with E-state index in [9.17, 15) is 9.50 Å². The summed E-state index contributed by atoms with van der Waals surface area (Å²) in [5.41, 5.74) is 1.56. The molecule has 1 fully saturated rings. The molecular formula is C19H22FNO. The first-order chi connectivity index (χ1) is 12.2. The summed E-state index contributed by atoms with van der Waals surface area (Å²) >= 11 is 0. The van der Waals surface area contributed by atoms with Gasteiger partial charge in [-0.05, 0) is 42.1 Å². The van der Waals surface area contributed by atoms with Crippen LogP contribution in [0.2, 0.25) is 0 Å². The first-order valence-electron chi connectivity index (χ1n) is 9.43. The molecule has 3 rings (SSSR count). The number of likely N-dealkylation sites (tertiary alicyclic amines) is 1. The number of rotatable bonds is 4. The van der Waals surface area contributed by atoms with E-state index in [2.05, 4.69) is 0 Å². The molecule has 1 heterocycles. The van der Waals surface area contributed by atoms with Crippen LogP contribution in [-0.2, 0) is 6.54 Å². The zero-order valence-corrected chi connectivity index (χ0v) is 12.2. The Labute approximate surface area is 136 Å². The average Bonchev–Trinajstić information content (AvgIpc) is 2.57. The number of hydrogen-bond donors (Lipinski definition) is 1. The summed E-state index contributed by atoms with van der Waals surface area (Å²) in [4.78, 5) is 1.57. The van der Waals surface area contributed by atoms with Crippen molar-refractivity contribution in [2.24, 2.45) is 5.92 Å². The third-order valence-corrected chi connectivity index (χ3v) is 4.12. The molecular weight excluding hydrogens is 277 g/mol. The van der Waals surface area contributed by atoms with Gasteiger partial charge in [-0.2, -0.15) is 0 Å². The fraction of sp³-hybridized carbons (Fsp3) is 0.368. The Morgan fingerprint density at radius 1 is 1.18 bits per heavy atom. The predicted octanol–water partition coefficient (Wildman–Crippen LogP) is 3.42. The zero-order valence-electron chi connectivity index (χ0n) is 16.2. The second kappa shape index (κ2) is 7.03. The molecule has 0 amide bonds. The number of hydrogen-bond acceptors (Lipinski definition) is 2. The van der Waals surface area contributed by atoms with Gasteiger partial charge in [-0.1, -0.05) is 42.5 Å². The maximum Gasteiger partial charge on any atom is 0.123 e. The molecule has 1 aliphatic heterocycles. The van der Waals surface area contributed by atoms with E-state index in [-0.39, 0.29) is 13.0 Å². The van der Waals surface area contributed by atoms with Crippen molar-refractivity contribution in [3.05, 3.63) is 71.5 Å². The zero-order chi connectivity index (χ0) is 18.9. The topological polar surface area (TPSA) is 23.5 Å². The second-order valence-corrected chi connectivity index (χ2v) is 5.62. The third-order valence-electron chi connectivity index (χ3n) is 4.12. The second-order valence-electron chi connectivity index (χ2n) is 5.62. The van der Waals surface area contributed by atoms with Crippen LogP contribution < -0.4 is 0 Å². The van der Waals surface area contributed by atoms with Crippen LogP contribution in [-0.4, -0.2) is 29.6 Å². The lowest BCUT2D eigenvalue weighted by atomic mass is 9.81. The van der Waals surface area contributed by atoms with Crippen LogP contribution in [0.4, 0.5) is 4.39 Å². The first-order valence-corrected chi connectivity index (χ1v) is 7.43. The Hall–Kier alpha value is -1.71. The smallest absolute Gasteiger partial charge is 0.123 e. The van der Waals surface area contributed by atoms with Gasteiger partial charge < -0.3 is 5.11 Å². The molecule has 0 radical (unpaired) electrons. The highest BCUT2D eigenvalue weighted by Gasteiger charge is 2.29. The normalized spacial score (nSPS) is 28.3. The molecule has 1 saturated heterocycles. The van der Waals surface area contributed by atoms with Crippen molar-refractivity contribution in [3.63, 3.8) is 0 Å². The van der Waals surface area contributed by atoms with Crippen LogP contribution in [0.3, 0.4) is 0 Å². The van der Waals surface area contributed by atoms with E-state index in [1.807, 2.05) is 30.3 Å². The van der Waals surface area contributed by atoms with Gasteiger partial charge in [0.2, 0.25) is 0 Å². The Morgan fingerprint density at radius 3 is 2.59 bits per heavy atom. The molecule has 1 aliphatic rings. The van der Waals surface area contributed by atoms with E-state index in [0.29, 0.717) is 12.1 Å². The van der Waals surface area contributed by atoms with Gasteiger partial charge in [0.1, 0.15) is 5.82 Å². The number of aliphatic hydroxyl groups is 1. The van der Waals surface area contributed by atoms with Crippen LogP contribution in [0.15, 0.2) is 54.6 Å². The fourth-order valence-electron chi connectivity index (χ4n) is 2.91. The third kappa shape index (κ3) is 3.54. The van der Waals surface area contributed by atoms with Gasteiger partial charge in [0, 0.05) is 28.3 Å². The van der Waals surface area contributed by atoms with Crippen LogP contribution in [0.5, 0.6) is 0 Å².